The minimum atomic E-state index is 0.646. The van der Waals surface area contributed by atoms with Crippen LogP contribution in [0.25, 0.3) is 0 Å². The van der Waals surface area contributed by atoms with Crippen LogP contribution in [0, 0.1) is 0 Å². The van der Waals surface area contributed by atoms with Gasteiger partial charge in [-0.15, -0.1) is 0 Å². The van der Waals surface area contributed by atoms with Crippen LogP contribution in [-0.2, 0) is 20.0 Å². The van der Waals surface area contributed by atoms with Gasteiger partial charge in [0.1, 0.15) is 0 Å². The van der Waals surface area contributed by atoms with E-state index in [1.54, 1.807) is 0 Å². The van der Waals surface area contributed by atoms with Gasteiger partial charge in [0.25, 0.3) is 0 Å². The molecule has 1 unspecified atom stereocenters. The van der Waals surface area contributed by atoms with Crippen molar-refractivity contribution in [2.75, 3.05) is 20.1 Å². The standard InChI is InChI=1S/C12H21BrN4/c1-4-10-12(13)11(16(3)15-10)8-17-6-5-9(7-17)14-2/h9,14H,4-8H2,1-3H3. The molecule has 1 fully saturated rings. The van der Waals surface area contributed by atoms with Crippen LogP contribution < -0.4 is 5.32 Å². The van der Waals surface area contributed by atoms with Crippen molar-refractivity contribution in [3.63, 3.8) is 0 Å². The van der Waals surface area contributed by atoms with Crippen molar-refractivity contribution in [2.45, 2.75) is 32.4 Å². The van der Waals surface area contributed by atoms with Gasteiger partial charge in [0, 0.05) is 32.7 Å². The molecule has 1 aliphatic rings. The van der Waals surface area contributed by atoms with Crippen LogP contribution in [0.5, 0.6) is 0 Å². The summed E-state index contributed by atoms with van der Waals surface area (Å²) in [5.41, 5.74) is 2.45. The zero-order chi connectivity index (χ0) is 12.4. The van der Waals surface area contributed by atoms with Gasteiger partial charge in [-0.1, -0.05) is 6.92 Å². The molecule has 4 nitrogen and oxygen atoms in total. The van der Waals surface area contributed by atoms with E-state index in [2.05, 4.69) is 38.2 Å². The molecular formula is C12H21BrN4. The molecule has 0 saturated carbocycles. The molecule has 0 aromatic carbocycles. The summed E-state index contributed by atoms with van der Waals surface area (Å²) >= 11 is 3.68. The summed E-state index contributed by atoms with van der Waals surface area (Å²) in [7, 11) is 4.08. The van der Waals surface area contributed by atoms with Crippen molar-refractivity contribution >= 4 is 15.9 Å². The van der Waals surface area contributed by atoms with Gasteiger partial charge < -0.3 is 5.32 Å². The summed E-state index contributed by atoms with van der Waals surface area (Å²) in [5.74, 6) is 0. The number of hydrogen-bond acceptors (Lipinski definition) is 3. The molecule has 0 radical (unpaired) electrons. The number of nitrogens with one attached hydrogen (secondary N) is 1. The Morgan fingerprint density at radius 2 is 2.29 bits per heavy atom. The molecule has 1 N–H and O–H groups in total. The van der Waals surface area contributed by atoms with E-state index in [9.17, 15) is 0 Å². The maximum atomic E-state index is 4.54. The Morgan fingerprint density at radius 3 is 2.82 bits per heavy atom. The van der Waals surface area contributed by atoms with Crippen molar-refractivity contribution in [3.05, 3.63) is 15.9 Å². The van der Waals surface area contributed by atoms with Gasteiger partial charge in [-0.3, -0.25) is 9.58 Å². The summed E-state index contributed by atoms with van der Waals surface area (Å²) in [6, 6.07) is 0.646. The van der Waals surface area contributed by atoms with Gasteiger partial charge in [0.05, 0.1) is 15.9 Å². The normalized spacial score (nSPS) is 21.3. The van der Waals surface area contributed by atoms with E-state index < -0.39 is 0 Å². The molecule has 96 valence electrons. The first kappa shape index (κ1) is 13.1. The average molecular weight is 301 g/mol. The van der Waals surface area contributed by atoms with E-state index in [0.717, 1.165) is 25.2 Å². The first-order valence-corrected chi connectivity index (χ1v) is 7.04. The van der Waals surface area contributed by atoms with E-state index in [-0.39, 0.29) is 0 Å². The Balaban J connectivity index is 2.06. The van der Waals surface area contributed by atoms with E-state index in [4.69, 9.17) is 0 Å². The second kappa shape index (κ2) is 5.50. The van der Waals surface area contributed by atoms with Gasteiger partial charge in [-0.05, 0) is 35.8 Å². The maximum Gasteiger partial charge on any atom is 0.0767 e. The molecule has 5 heteroatoms. The van der Waals surface area contributed by atoms with Crippen molar-refractivity contribution in [1.29, 1.82) is 0 Å². The van der Waals surface area contributed by atoms with Crippen molar-refractivity contribution in [3.8, 4) is 0 Å². The fourth-order valence-corrected chi connectivity index (χ4v) is 3.16. The molecule has 2 rings (SSSR count). The molecule has 2 heterocycles. The molecule has 0 aliphatic carbocycles. The van der Waals surface area contributed by atoms with Crippen LogP contribution in [0.15, 0.2) is 4.47 Å². The number of halogens is 1. The first-order chi connectivity index (χ1) is 8.15. The Bertz CT molecular complexity index is 388. The molecule has 1 aromatic rings. The third kappa shape index (κ3) is 2.72. The monoisotopic (exact) mass is 300 g/mol. The fraction of sp³-hybridized carbons (Fsp3) is 0.750. The average Bonchev–Trinajstić information content (AvgIpc) is 2.88. The number of likely N-dealkylation sites (N-methyl/N-ethyl adjacent to an activating group) is 1. The molecule has 0 spiro atoms. The van der Waals surface area contributed by atoms with Crippen LogP contribution in [0.3, 0.4) is 0 Å². The van der Waals surface area contributed by atoms with E-state index >= 15 is 0 Å². The minimum Gasteiger partial charge on any atom is -0.316 e. The Morgan fingerprint density at radius 1 is 1.53 bits per heavy atom. The molecule has 1 saturated heterocycles. The lowest BCUT2D eigenvalue weighted by Gasteiger charge is -2.16. The number of hydrogen-bond donors (Lipinski definition) is 1. The summed E-state index contributed by atoms with van der Waals surface area (Å²) in [4.78, 5) is 2.49. The quantitative estimate of drug-likeness (QED) is 0.916. The molecule has 17 heavy (non-hydrogen) atoms. The van der Waals surface area contributed by atoms with Gasteiger partial charge in [0.2, 0.25) is 0 Å². The van der Waals surface area contributed by atoms with Gasteiger partial charge in [-0.2, -0.15) is 5.10 Å². The Labute approximate surface area is 111 Å². The van der Waals surface area contributed by atoms with E-state index in [1.165, 1.54) is 23.1 Å². The van der Waals surface area contributed by atoms with Crippen molar-refractivity contribution < 1.29 is 0 Å². The number of aromatic nitrogens is 2. The summed E-state index contributed by atoms with van der Waals surface area (Å²) in [6.45, 7) is 5.44. The molecule has 1 aromatic heterocycles. The number of aryl methyl sites for hydroxylation is 2. The summed E-state index contributed by atoms with van der Waals surface area (Å²) in [5, 5.41) is 7.89. The SMILES string of the molecule is CCc1nn(C)c(CN2CCC(NC)C2)c1Br. The second-order valence-corrected chi connectivity index (χ2v) is 5.49. The highest BCUT2D eigenvalue weighted by molar-refractivity contribution is 9.10. The minimum absolute atomic E-state index is 0.646. The van der Waals surface area contributed by atoms with Crippen molar-refractivity contribution in [1.82, 2.24) is 20.0 Å². The zero-order valence-electron chi connectivity index (χ0n) is 10.8. The van der Waals surface area contributed by atoms with Crippen molar-refractivity contribution in [2.24, 2.45) is 7.05 Å². The van der Waals surface area contributed by atoms with Gasteiger partial charge in [0.15, 0.2) is 0 Å². The largest absolute Gasteiger partial charge is 0.316 e. The number of rotatable bonds is 4. The molecule has 0 amide bonds. The number of likely N-dealkylation sites (tertiary alicyclic amines) is 1. The van der Waals surface area contributed by atoms with E-state index in [0.29, 0.717) is 6.04 Å². The first-order valence-electron chi connectivity index (χ1n) is 6.25. The lowest BCUT2D eigenvalue weighted by molar-refractivity contribution is 0.312. The predicted molar refractivity (Wildman–Crippen MR) is 73.0 cm³/mol. The highest BCUT2D eigenvalue weighted by Gasteiger charge is 2.23. The Kier molecular flexibility index (Phi) is 4.22. The van der Waals surface area contributed by atoms with Crippen LogP contribution >= 0.6 is 15.9 Å². The van der Waals surface area contributed by atoms with Crippen LogP contribution in [-0.4, -0.2) is 40.9 Å². The van der Waals surface area contributed by atoms with Crippen LogP contribution in [0.4, 0.5) is 0 Å². The highest BCUT2D eigenvalue weighted by Crippen LogP contribution is 2.24. The smallest absolute Gasteiger partial charge is 0.0767 e. The van der Waals surface area contributed by atoms with Gasteiger partial charge in [-0.25, -0.2) is 0 Å². The fourth-order valence-electron chi connectivity index (χ4n) is 2.42. The predicted octanol–water partition coefficient (Wildman–Crippen LogP) is 1.54. The molecule has 0 bridgehead atoms. The second-order valence-electron chi connectivity index (χ2n) is 4.69. The lowest BCUT2D eigenvalue weighted by Crippen LogP contribution is -2.29. The third-order valence-corrected chi connectivity index (χ3v) is 4.47. The topological polar surface area (TPSA) is 33.1 Å². The van der Waals surface area contributed by atoms with Gasteiger partial charge >= 0.3 is 0 Å². The van der Waals surface area contributed by atoms with Crippen LogP contribution in [0.1, 0.15) is 24.7 Å². The lowest BCUT2D eigenvalue weighted by atomic mass is 10.3. The molecule has 1 aliphatic heterocycles. The maximum absolute atomic E-state index is 4.54. The highest BCUT2D eigenvalue weighted by atomic mass is 79.9. The third-order valence-electron chi connectivity index (χ3n) is 3.56. The molecule has 1 atom stereocenters. The molecular weight excluding hydrogens is 280 g/mol. The zero-order valence-corrected chi connectivity index (χ0v) is 12.4. The van der Waals surface area contributed by atoms with E-state index in [1.807, 2.05) is 18.8 Å². The Hall–Kier alpha value is -0.390. The summed E-state index contributed by atoms with van der Waals surface area (Å²) in [6.07, 6.45) is 2.22. The number of nitrogens with zero attached hydrogens (tertiary/aromatic N) is 3. The van der Waals surface area contributed by atoms with Crippen LogP contribution in [0.2, 0.25) is 0 Å². The summed E-state index contributed by atoms with van der Waals surface area (Å²) < 4.78 is 3.20.